The minimum absolute atomic E-state index is 0.0418. The van der Waals surface area contributed by atoms with Crippen LogP contribution in [0.15, 0.2) is 95.9 Å². The lowest BCUT2D eigenvalue weighted by Crippen LogP contribution is -2.58. The minimum Gasteiger partial charge on any atom is -0.370 e. The van der Waals surface area contributed by atoms with Gasteiger partial charge in [-0.05, 0) is 17.7 Å². The molecular weight excluding hydrogens is 420 g/mol. The summed E-state index contributed by atoms with van der Waals surface area (Å²) in [7, 11) is 0. The molecule has 0 radical (unpaired) electrons. The highest BCUT2D eigenvalue weighted by Crippen LogP contribution is 2.42. The third-order valence-electron chi connectivity index (χ3n) is 5.99. The first-order chi connectivity index (χ1) is 15.8. The van der Waals surface area contributed by atoms with E-state index in [1.165, 1.54) is 4.90 Å². The highest BCUT2D eigenvalue weighted by atomic mass is 32.2. The summed E-state index contributed by atoms with van der Waals surface area (Å²) in [5, 5.41) is 0. The largest absolute Gasteiger partial charge is 0.370 e. The number of ether oxygens (including phenoxy) is 4. The number of hydrogen-bond donors (Lipinski definition) is 0. The molecule has 0 aromatic heterocycles. The maximum Gasteiger partial charge on any atom is 0.184 e. The maximum atomic E-state index is 6.53. The maximum absolute atomic E-state index is 6.53. The Labute approximate surface area is 193 Å². The van der Waals surface area contributed by atoms with Crippen LogP contribution in [0.4, 0.5) is 0 Å². The third-order valence-corrected chi connectivity index (χ3v) is 7.31. The van der Waals surface area contributed by atoms with Crippen LogP contribution in [-0.2, 0) is 25.6 Å². The van der Waals surface area contributed by atoms with E-state index in [9.17, 15) is 0 Å². The zero-order chi connectivity index (χ0) is 21.8. The van der Waals surface area contributed by atoms with Gasteiger partial charge in [0.1, 0.15) is 17.6 Å². The van der Waals surface area contributed by atoms with Crippen LogP contribution in [0.1, 0.15) is 24.3 Å². The average molecular weight is 449 g/mol. The first-order valence-electron chi connectivity index (χ1n) is 11.1. The number of benzene rings is 3. The molecule has 0 bridgehead atoms. The summed E-state index contributed by atoms with van der Waals surface area (Å²) in [5.41, 5.74) is 2.13. The van der Waals surface area contributed by atoms with Crippen molar-refractivity contribution in [3.05, 3.63) is 102 Å². The van der Waals surface area contributed by atoms with Crippen molar-refractivity contribution in [3.63, 3.8) is 0 Å². The molecular formula is C27H28O4S. The highest BCUT2D eigenvalue weighted by Gasteiger charge is 2.49. The van der Waals surface area contributed by atoms with E-state index >= 15 is 0 Å². The van der Waals surface area contributed by atoms with Gasteiger partial charge in [-0.3, -0.25) is 0 Å². The normalized spacial score (nSPS) is 29.9. The third kappa shape index (κ3) is 4.92. The summed E-state index contributed by atoms with van der Waals surface area (Å²) >= 11 is 1.74. The van der Waals surface area contributed by atoms with Gasteiger partial charge in [0, 0.05) is 16.4 Å². The van der Waals surface area contributed by atoms with Gasteiger partial charge < -0.3 is 18.9 Å². The minimum atomic E-state index is -0.408. The SMILES string of the molecule is CC1[C@H](Sc2ccccc2)OC2COC(c3ccccc3)O[C@H]2[C@H]1OCc1ccccc1. The number of thioether (sulfide) groups is 1. The lowest BCUT2D eigenvalue weighted by atomic mass is 9.92. The predicted octanol–water partition coefficient (Wildman–Crippen LogP) is 5.84. The Morgan fingerprint density at radius 1 is 0.844 bits per heavy atom. The summed E-state index contributed by atoms with van der Waals surface area (Å²) in [5.74, 6) is 0.139. The van der Waals surface area contributed by atoms with Crippen LogP contribution in [0.25, 0.3) is 0 Å². The zero-order valence-electron chi connectivity index (χ0n) is 18.1. The second-order valence-corrected chi connectivity index (χ2v) is 9.44. The standard InChI is InChI=1S/C27H28O4S/c1-19-24(28-17-20-11-5-2-6-12-20)25-23(30-27(19)32-22-15-9-4-10-16-22)18-29-26(31-25)21-13-7-3-8-14-21/h2-16,19,23-27H,17-18H2,1H3/t19?,23?,24-,25+,26?,27-/m0/s1. The summed E-state index contributed by atoms with van der Waals surface area (Å²) < 4.78 is 25.6. The highest BCUT2D eigenvalue weighted by molar-refractivity contribution is 7.99. The molecule has 166 valence electrons. The van der Waals surface area contributed by atoms with E-state index in [0.29, 0.717) is 13.2 Å². The van der Waals surface area contributed by atoms with Crippen LogP contribution in [0.5, 0.6) is 0 Å². The fourth-order valence-electron chi connectivity index (χ4n) is 4.27. The molecule has 0 spiro atoms. The number of rotatable bonds is 6. The van der Waals surface area contributed by atoms with Crippen molar-refractivity contribution in [1.29, 1.82) is 0 Å². The van der Waals surface area contributed by atoms with Crippen molar-refractivity contribution in [2.75, 3.05) is 6.61 Å². The van der Waals surface area contributed by atoms with Crippen LogP contribution in [-0.4, -0.2) is 30.4 Å². The number of fused-ring (bicyclic) bond motifs is 1. The van der Waals surface area contributed by atoms with Gasteiger partial charge in [0.05, 0.1) is 19.3 Å². The molecule has 0 amide bonds. The molecule has 3 unspecified atom stereocenters. The van der Waals surface area contributed by atoms with Gasteiger partial charge >= 0.3 is 0 Å². The molecule has 0 N–H and O–H groups in total. The molecule has 2 aliphatic rings. The van der Waals surface area contributed by atoms with Crippen LogP contribution in [0.3, 0.4) is 0 Å². The van der Waals surface area contributed by atoms with Crippen LogP contribution < -0.4 is 0 Å². The molecule has 5 rings (SSSR count). The molecule has 2 aliphatic heterocycles. The molecule has 0 aliphatic carbocycles. The van der Waals surface area contributed by atoms with E-state index in [4.69, 9.17) is 18.9 Å². The molecule has 0 saturated carbocycles. The molecule has 2 fully saturated rings. The lowest BCUT2D eigenvalue weighted by Gasteiger charge is -2.48. The monoisotopic (exact) mass is 448 g/mol. The Morgan fingerprint density at radius 2 is 1.50 bits per heavy atom. The van der Waals surface area contributed by atoms with E-state index in [-0.39, 0.29) is 29.7 Å². The fraction of sp³-hybridized carbons (Fsp3) is 0.333. The van der Waals surface area contributed by atoms with E-state index < -0.39 is 6.29 Å². The molecule has 2 saturated heterocycles. The molecule has 3 aromatic carbocycles. The van der Waals surface area contributed by atoms with Crippen molar-refractivity contribution < 1.29 is 18.9 Å². The Kier molecular flexibility index (Phi) is 6.91. The molecule has 4 nitrogen and oxygen atoms in total. The van der Waals surface area contributed by atoms with Crippen molar-refractivity contribution in [1.82, 2.24) is 0 Å². The Balaban J connectivity index is 1.36. The second kappa shape index (κ2) is 10.2. The van der Waals surface area contributed by atoms with Gasteiger partial charge in [0.2, 0.25) is 0 Å². The number of hydrogen-bond acceptors (Lipinski definition) is 5. The topological polar surface area (TPSA) is 36.9 Å². The quantitative estimate of drug-likeness (QED) is 0.474. The molecule has 6 atom stereocenters. The van der Waals surface area contributed by atoms with E-state index in [1.807, 2.05) is 54.6 Å². The zero-order valence-corrected chi connectivity index (χ0v) is 18.9. The van der Waals surface area contributed by atoms with Gasteiger partial charge in [-0.2, -0.15) is 0 Å². The molecule has 2 heterocycles. The van der Waals surface area contributed by atoms with Gasteiger partial charge in [0.25, 0.3) is 0 Å². The van der Waals surface area contributed by atoms with Crippen LogP contribution in [0, 0.1) is 5.92 Å². The smallest absolute Gasteiger partial charge is 0.184 e. The van der Waals surface area contributed by atoms with Gasteiger partial charge in [0.15, 0.2) is 6.29 Å². The van der Waals surface area contributed by atoms with Gasteiger partial charge in [-0.25, -0.2) is 0 Å². The molecule has 5 heteroatoms. The second-order valence-electron chi connectivity index (χ2n) is 8.27. The average Bonchev–Trinajstić information content (AvgIpc) is 2.86. The van der Waals surface area contributed by atoms with Gasteiger partial charge in [-0.1, -0.05) is 97.5 Å². The van der Waals surface area contributed by atoms with Crippen molar-refractivity contribution in [2.24, 2.45) is 5.92 Å². The van der Waals surface area contributed by atoms with Crippen LogP contribution in [0.2, 0.25) is 0 Å². The Morgan fingerprint density at radius 3 is 2.22 bits per heavy atom. The predicted molar refractivity (Wildman–Crippen MR) is 125 cm³/mol. The summed E-state index contributed by atoms with van der Waals surface area (Å²) in [6.45, 7) is 3.22. The lowest BCUT2D eigenvalue weighted by molar-refractivity contribution is -0.317. The summed E-state index contributed by atoms with van der Waals surface area (Å²) in [6, 6.07) is 30.7. The van der Waals surface area contributed by atoms with Crippen molar-refractivity contribution >= 4 is 11.8 Å². The molecule has 32 heavy (non-hydrogen) atoms. The first kappa shape index (κ1) is 21.7. The fourth-order valence-corrected chi connectivity index (χ4v) is 5.42. The van der Waals surface area contributed by atoms with Crippen molar-refractivity contribution in [3.8, 4) is 0 Å². The Bertz CT molecular complexity index is 969. The summed E-state index contributed by atoms with van der Waals surface area (Å²) in [4.78, 5) is 1.18. The van der Waals surface area contributed by atoms with E-state index in [0.717, 1.165) is 11.1 Å². The molecule has 3 aromatic rings. The first-order valence-corrected chi connectivity index (χ1v) is 12.0. The van der Waals surface area contributed by atoms with E-state index in [1.54, 1.807) is 11.8 Å². The van der Waals surface area contributed by atoms with Crippen molar-refractivity contribution in [2.45, 2.75) is 48.5 Å². The Hall–Kier alpha value is -2.15. The van der Waals surface area contributed by atoms with Gasteiger partial charge in [-0.15, -0.1) is 0 Å². The summed E-state index contributed by atoms with van der Waals surface area (Å²) in [6.07, 6.45) is -0.881. The van der Waals surface area contributed by atoms with Crippen LogP contribution >= 0.6 is 11.8 Å². The van der Waals surface area contributed by atoms with E-state index in [2.05, 4.69) is 43.3 Å².